The number of carbonyl (C=O) groups is 1. The lowest BCUT2D eigenvalue weighted by Gasteiger charge is -2.04. The Balaban J connectivity index is 2.29. The lowest BCUT2D eigenvalue weighted by molar-refractivity contribution is 0.187. The molecule has 0 radical (unpaired) electrons. The topological polar surface area (TPSA) is 77.0 Å². The summed E-state index contributed by atoms with van der Waals surface area (Å²) in [5, 5.41) is 2.96. The largest absolute Gasteiger partial charge is 0.453 e. The molecule has 1 amide bonds. The maximum absolute atomic E-state index is 11.1. The minimum atomic E-state index is -0.594. The average molecular weight is 265 g/mol. The molecule has 0 aliphatic rings. The highest BCUT2D eigenvalue weighted by Crippen LogP contribution is 2.20. The van der Waals surface area contributed by atoms with Gasteiger partial charge in [-0.15, -0.1) is 0 Å². The fourth-order valence-electron chi connectivity index (χ4n) is 1.29. The summed E-state index contributed by atoms with van der Waals surface area (Å²) in [7, 11) is 1.28. The van der Waals surface area contributed by atoms with Crippen molar-refractivity contribution in [2.45, 2.75) is 0 Å². The molecule has 7 heteroatoms. The molecule has 0 bridgehead atoms. The van der Waals surface area contributed by atoms with Gasteiger partial charge in [-0.05, 0) is 6.07 Å². The third-order valence-electron chi connectivity index (χ3n) is 2.08. The van der Waals surface area contributed by atoms with Crippen LogP contribution in [0.15, 0.2) is 30.9 Å². The number of amides is 1. The summed E-state index contributed by atoms with van der Waals surface area (Å²) in [6, 6.07) is 3.32. The van der Waals surface area contributed by atoms with Crippen LogP contribution in [0.5, 0.6) is 0 Å². The molecule has 0 saturated carbocycles. The van der Waals surface area contributed by atoms with Crippen molar-refractivity contribution in [3.63, 3.8) is 0 Å². The summed E-state index contributed by atoms with van der Waals surface area (Å²) in [4.78, 5) is 23.0. The summed E-state index contributed by atoms with van der Waals surface area (Å²) < 4.78 is 4.47. The second-order valence-electron chi connectivity index (χ2n) is 3.30. The number of hydrogen-bond acceptors (Lipinski definition) is 5. The molecule has 92 valence electrons. The number of nitrogens with one attached hydrogen (secondary N) is 1. The van der Waals surface area contributed by atoms with E-state index in [1.807, 2.05) is 0 Å². The van der Waals surface area contributed by atoms with E-state index in [1.54, 1.807) is 18.3 Å². The van der Waals surface area contributed by atoms with E-state index in [4.69, 9.17) is 11.6 Å². The molecule has 2 rings (SSSR count). The van der Waals surface area contributed by atoms with Crippen LogP contribution in [-0.2, 0) is 4.74 Å². The predicted molar refractivity (Wildman–Crippen MR) is 66.3 cm³/mol. The Morgan fingerprint density at radius 3 is 2.89 bits per heavy atom. The van der Waals surface area contributed by atoms with Gasteiger partial charge < -0.3 is 4.74 Å². The van der Waals surface area contributed by atoms with Gasteiger partial charge >= 0.3 is 6.09 Å². The van der Waals surface area contributed by atoms with Crippen molar-refractivity contribution in [2.75, 3.05) is 12.4 Å². The van der Waals surface area contributed by atoms with Gasteiger partial charge in [0.25, 0.3) is 0 Å². The molecule has 6 nitrogen and oxygen atoms in total. The minimum Gasteiger partial charge on any atom is -0.453 e. The summed E-state index contributed by atoms with van der Waals surface area (Å²) in [5.41, 5.74) is 1.34. The van der Waals surface area contributed by atoms with Crippen molar-refractivity contribution in [3.8, 4) is 11.3 Å². The summed E-state index contributed by atoms with van der Waals surface area (Å²) in [6.07, 6.45) is 3.89. The van der Waals surface area contributed by atoms with Crippen molar-refractivity contribution in [1.82, 2.24) is 15.0 Å². The molecule has 0 fully saturated rings. The van der Waals surface area contributed by atoms with Crippen LogP contribution in [-0.4, -0.2) is 28.2 Å². The van der Waals surface area contributed by atoms with Crippen LogP contribution in [0.1, 0.15) is 0 Å². The number of methoxy groups -OCH3 is 1. The van der Waals surface area contributed by atoms with E-state index in [2.05, 4.69) is 25.0 Å². The number of aromatic nitrogens is 3. The first kappa shape index (κ1) is 12.3. The van der Waals surface area contributed by atoms with Gasteiger partial charge in [-0.1, -0.05) is 11.6 Å². The van der Waals surface area contributed by atoms with Crippen LogP contribution < -0.4 is 5.32 Å². The number of anilines is 1. The van der Waals surface area contributed by atoms with E-state index in [-0.39, 0.29) is 0 Å². The standard InChI is InChI=1S/C11H9ClN4O2/c1-18-11(17)16-10-3-9(14-6-15-10)7-2-8(12)5-13-4-7/h2-6H,1H3,(H,14,15,16,17). The van der Waals surface area contributed by atoms with Gasteiger partial charge in [0, 0.05) is 24.0 Å². The Labute approximate surface area is 108 Å². The van der Waals surface area contributed by atoms with E-state index < -0.39 is 6.09 Å². The molecule has 0 unspecified atom stereocenters. The zero-order chi connectivity index (χ0) is 13.0. The summed E-state index contributed by atoms with van der Waals surface area (Å²) >= 11 is 5.85. The smallest absolute Gasteiger partial charge is 0.412 e. The molecule has 0 atom stereocenters. The lowest BCUT2D eigenvalue weighted by Crippen LogP contribution is -2.12. The first-order valence-electron chi connectivity index (χ1n) is 4.97. The number of hydrogen-bond donors (Lipinski definition) is 1. The molecule has 2 aromatic heterocycles. The zero-order valence-corrected chi connectivity index (χ0v) is 10.2. The molecule has 2 aromatic rings. The molecule has 0 aromatic carbocycles. The predicted octanol–water partition coefficient (Wildman–Crippen LogP) is 2.37. The second kappa shape index (κ2) is 5.42. The Hall–Kier alpha value is -2.21. The number of carbonyl (C=O) groups excluding carboxylic acids is 1. The van der Waals surface area contributed by atoms with Gasteiger partial charge in [-0.3, -0.25) is 10.3 Å². The average Bonchev–Trinajstić information content (AvgIpc) is 2.39. The molecule has 0 saturated heterocycles. The van der Waals surface area contributed by atoms with E-state index in [0.29, 0.717) is 16.5 Å². The fourth-order valence-corrected chi connectivity index (χ4v) is 1.46. The summed E-state index contributed by atoms with van der Waals surface area (Å²) in [5.74, 6) is 0.340. The lowest BCUT2D eigenvalue weighted by atomic mass is 10.2. The van der Waals surface area contributed by atoms with Crippen molar-refractivity contribution >= 4 is 23.5 Å². The van der Waals surface area contributed by atoms with Crippen LogP contribution in [0, 0.1) is 0 Å². The molecular weight excluding hydrogens is 256 g/mol. The van der Waals surface area contributed by atoms with Gasteiger partial charge in [-0.2, -0.15) is 0 Å². The highest BCUT2D eigenvalue weighted by Gasteiger charge is 2.06. The van der Waals surface area contributed by atoms with Crippen LogP contribution in [0.3, 0.4) is 0 Å². The number of nitrogens with zero attached hydrogens (tertiary/aromatic N) is 3. The SMILES string of the molecule is COC(=O)Nc1cc(-c2cncc(Cl)c2)ncn1. The molecule has 0 aliphatic heterocycles. The number of rotatable bonds is 2. The van der Waals surface area contributed by atoms with E-state index in [1.165, 1.54) is 19.6 Å². The van der Waals surface area contributed by atoms with Crippen molar-refractivity contribution in [2.24, 2.45) is 0 Å². The summed E-state index contributed by atoms with van der Waals surface area (Å²) in [6.45, 7) is 0. The van der Waals surface area contributed by atoms with E-state index in [9.17, 15) is 4.79 Å². The monoisotopic (exact) mass is 264 g/mol. The van der Waals surface area contributed by atoms with Crippen molar-refractivity contribution in [3.05, 3.63) is 35.9 Å². The highest BCUT2D eigenvalue weighted by molar-refractivity contribution is 6.30. The van der Waals surface area contributed by atoms with Crippen LogP contribution in [0.25, 0.3) is 11.3 Å². The van der Waals surface area contributed by atoms with Gasteiger partial charge in [0.1, 0.15) is 12.1 Å². The maximum atomic E-state index is 11.1. The van der Waals surface area contributed by atoms with Gasteiger partial charge in [0.05, 0.1) is 17.8 Å². The van der Waals surface area contributed by atoms with E-state index >= 15 is 0 Å². The maximum Gasteiger partial charge on any atom is 0.412 e. The van der Waals surface area contributed by atoms with Gasteiger partial charge in [0.2, 0.25) is 0 Å². The Morgan fingerprint density at radius 1 is 1.33 bits per heavy atom. The third kappa shape index (κ3) is 2.92. The number of halogens is 1. The van der Waals surface area contributed by atoms with E-state index in [0.717, 1.165) is 5.56 Å². The Bertz CT molecular complexity index is 576. The number of pyridine rings is 1. The second-order valence-corrected chi connectivity index (χ2v) is 3.73. The molecule has 1 N–H and O–H groups in total. The normalized spacial score (nSPS) is 9.89. The molecule has 0 aliphatic carbocycles. The fraction of sp³-hybridized carbons (Fsp3) is 0.0909. The van der Waals surface area contributed by atoms with Crippen LogP contribution >= 0.6 is 11.6 Å². The first-order chi connectivity index (χ1) is 8.69. The van der Waals surface area contributed by atoms with Gasteiger partial charge in [-0.25, -0.2) is 14.8 Å². The van der Waals surface area contributed by atoms with Crippen molar-refractivity contribution < 1.29 is 9.53 Å². The quantitative estimate of drug-likeness (QED) is 0.901. The third-order valence-corrected chi connectivity index (χ3v) is 2.29. The Kier molecular flexibility index (Phi) is 3.69. The minimum absolute atomic E-state index is 0.340. The number of ether oxygens (including phenoxy) is 1. The first-order valence-corrected chi connectivity index (χ1v) is 5.35. The zero-order valence-electron chi connectivity index (χ0n) is 9.42. The van der Waals surface area contributed by atoms with Crippen molar-refractivity contribution in [1.29, 1.82) is 0 Å². The molecular formula is C11H9ClN4O2. The molecule has 18 heavy (non-hydrogen) atoms. The molecule has 0 spiro atoms. The Morgan fingerprint density at radius 2 is 2.17 bits per heavy atom. The van der Waals surface area contributed by atoms with Crippen LogP contribution in [0.4, 0.5) is 10.6 Å². The molecule has 2 heterocycles. The van der Waals surface area contributed by atoms with Crippen LogP contribution in [0.2, 0.25) is 5.02 Å². The highest BCUT2D eigenvalue weighted by atomic mass is 35.5. The van der Waals surface area contributed by atoms with Gasteiger partial charge in [0.15, 0.2) is 0 Å².